The van der Waals surface area contributed by atoms with Crippen molar-refractivity contribution in [3.8, 4) is 0 Å². The van der Waals surface area contributed by atoms with Gasteiger partial charge in [0.25, 0.3) is 5.91 Å². The van der Waals surface area contributed by atoms with E-state index >= 15 is 0 Å². The SMILES string of the molecule is C=C(/C=C\C=C(/C)C(=O)N[C@@H](C(=O)N1CC[C@H](c2ccc(C)cc2)C(C)(C)C1)C(C)C)c1ccc(C(=O)N(C)C)cc1. The second kappa shape index (κ2) is 13.8. The number of aryl methyl sites for hydroxylation is 1. The highest BCUT2D eigenvalue weighted by atomic mass is 16.2. The Hall–Kier alpha value is -3.93. The standard InChI is InChI=1S/C36H47N3O3/c1-24(2)32(35(42)39-22-21-31(36(6,7)23-39)29-15-13-25(3)14-16-29)37-33(40)27(5)12-10-11-26(4)28-17-19-30(20-18-28)34(41)38(8)9/h10-20,24,31-32H,4,21-23H2,1-3,5-9H3,(H,37,40)/b11-10-,27-12+/t31-,32-/m1/s1. The van der Waals surface area contributed by atoms with Crippen LogP contribution in [0.15, 0.2) is 78.9 Å². The second-order valence-electron chi connectivity index (χ2n) is 12.7. The number of nitrogens with one attached hydrogen (secondary N) is 1. The molecule has 3 amide bonds. The van der Waals surface area contributed by atoms with Crippen LogP contribution in [-0.4, -0.2) is 60.7 Å². The van der Waals surface area contributed by atoms with Crippen LogP contribution >= 0.6 is 0 Å². The summed E-state index contributed by atoms with van der Waals surface area (Å²) in [4.78, 5) is 42.4. The maximum Gasteiger partial charge on any atom is 0.253 e. The molecule has 1 saturated heterocycles. The predicted octanol–water partition coefficient (Wildman–Crippen LogP) is 6.40. The van der Waals surface area contributed by atoms with Crippen LogP contribution in [0.2, 0.25) is 0 Å². The van der Waals surface area contributed by atoms with E-state index in [1.807, 2.05) is 37.0 Å². The van der Waals surface area contributed by atoms with Gasteiger partial charge in [0.15, 0.2) is 0 Å². The zero-order chi connectivity index (χ0) is 31.2. The first kappa shape index (κ1) is 32.6. The lowest BCUT2D eigenvalue weighted by atomic mass is 9.70. The van der Waals surface area contributed by atoms with Crippen molar-refractivity contribution in [2.24, 2.45) is 11.3 Å². The number of amides is 3. The van der Waals surface area contributed by atoms with Gasteiger partial charge in [0.05, 0.1) is 0 Å². The van der Waals surface area contributed by atoms with Gasteiger partial charge in [-0.1, -0.05) is 94.5 Å². The van der Waals surface area contributed by atoms with Gasteiger partial charge in [-0.2, -0.15) is 0 Å². The van der Waals surface area contributed by atoms with Crippen LogP contribution in [-0.2, 0) is 9.59 Å². The lowest BCUT2D eigenvalue weighted by molar-refractivity contribution is -0.140. The first-order valence-electron chi connectivity index (χ1n) is 14.7. The lowest BCUT2D eigenvalue weighted by Gasteiger charge is -2.45. The number of nitrogens with zero attached hydrogens (tertiary/aromatic N) is 2. The van der Waals surface area contributed by atoms with E-state index in [1.54, 1.807) is 45.3 Å². The van der Waals surface area contributed by atoms with Crippen molar-refractivity contribution in [2.75, 3.05) is 27.2 Å². The molecule has 1 heterocycles. The van der Waals surface area contributed by atoms with Gasteiger partial charge in [-0.3, -0.25) is 14.4 Å². The number of hydrogen-bond acceptors (Lipinski definition) is 3. The summed E-state index contributed by atoms with van der Waals surface area (Å²) in [7, 11) is 3.44. The summed E-state index contributed by atoms with van der Waals surface area (Å²) < 4.78 is 0. The third kappa shape index (κ3) is 8.09. The Morgan fingerprint density at radius 1 is 1.02 bits per heavy atom. The third-order valence-electron chi connectivity index (χ3n) is 8.15. The van der Waals surface area contributed by atoms with Gasteiger partial charge in [-0.05, 0) is 66.4 Å². The van der Waals surface area contributed by atoms with Gasteiger partial charge in [-0.15, -0.1) is 0 Å². The minimum absolute atomic E-state index is 0.0262. The monoisotopic (exact) mass is 569 g/mol. The normalized spacial score (nSPS) is 17.7. The van der Waals surface area contributed by atoms with E-state index in [0.29, 0.717) is 30.1 Å². The van der Waals surface area contributed by atoms with Gasteiger partial charge >= 0.3 is 0 Å². The highest BCUT2D eigenvalue weighted by molar-refractivity contribution is 5.97. The van der Waals surface area contributed by atoms with Gasteiger partial charge in [0, 0.05) is 38.3 Å². The van der Waals surface area contributed by atoms with E-state index in [-0.39, 0.29) is 29.1 Å². The third-order valence-corrected chi connectivity index (χ3v) is 8.15. The van der Waals surface area contributed by atoms with Gasteiger partial charge < -0.3 is 15.1 Å². The van der Waals surface area contributed by atoms with Gasteiger partial charge in [0.2, 0.25) is 11.8 Å². The molecule has 1 N–H and O–H groups in total. The number of hydrogen-bond donors (Lipinski definition) is 1. The molecule has 1 aliphatic rings. The van der Waals surface area contributed by atoms with Crippen LogP contribution in [0.5, 0.6) is 0 Å². The molecular formula is C36H47N3O3. The van der Waals surface area contributed by atoms with Crippen molar-refractivity contribution in [3.05, 3.63) is 101 Å². The van der Waals surface area contributed by atoms with Crippen LogP contribution in [0, 0.1) is 18.3 Å². The zero-order valence-corrected chi connectivity index (χ0v) is 26.5. The lowest BCUT2D eigenvalue weighted by Crippen LogP contribution is -2.56. The van der Waals surface area contributed by atoms with E-state index in [4.69, 9.17) is 0 Å². The number of rotatable bonds is 9. The predicted molar refractivity (Wildman–Crippen MR) is 172 cm³/mol. The molecule has 1 aliphatic heterocycles. The summed E-state index contributed by atoms with van der Waals surface area (Å²) in [6.07, 6.45) is 6.22. The molecule has 2 aromatic carbocycles. The smallest absolute Gasteiger partial charge is 0.253 e. The van der Waals surface area contributed by atoms with E-state index in [9.17, 15) is 14.4 Å². The zero-order valence-electron chi connectivity index (χ0n) is 26.5. The Labute approximate surface area is 252 Å². The molecule has 0 radical (unpaired) electrons. The Morgan fingerprint density at radius 2 is 1.62 bits per heavy atom. The van der Waals surface area contributed by atoms with E-state index < -0.39 is 6.04 Å². The van der Waals surface area contributed by atoms with Crippen LogP contribution in [0.4, 0.5) is 0 Å². The molecule has 2 aromatic rings. The average Bonchev–Trinajstić information content (AvgIpc) is 2.94. The van der Waals surface area contributed by atoms with Crippen molar-refractivity contribution in [1.82, 2.24) is 15.1 Å². The highest BCUT2D eigenvalue weighted by Gasteiger charge is 2.40. The maximum absolute atomic E-state index is 13.7. The molecular weight excluding hydrogens is 522 g/mol. The Morgan fingerprint density at radius 3 is 2.17 bits per heavy atom. The number of allylic oxidation sites excluding steroid dienone is 4. The fourth-order valence-electron chi connectivity index (χ4n) is 5.49. The summed E-state index contributed by atoms with van der Waals surface area (Å²) in [5.74, 6) is -0.0236. The number of piperidine rings is 1. The number of benzene rings is 2. The topological polar surface area (TPSA) is 69.7 Å². The van der Waals surface area contributed by atoms with Crippen LogP contribution in [0.25, 0.3) is 5.57 Å². The Balaban J connectivity index is 1.62. The van der Waals surface area contributed by atoms with E-state index in [1.165, 1.54) is 16.0 Å². The summed E-state index contributed by atoms with van der Waals surface area (Å²) >= 11 is 0. The van der Waals surface area contributed by atoms with Crippen LogP contribution in [0.3, 0.4) is 0 Å². The molecule has 0 aliphatic carbocycles. The first-order chi connectivity index (χ1) is 19.7. The molecule has 1 fully saturated rings. The van der Waals surface area contributed by atoms with Crippen LogP contribution < -0.4 is 5.32 Å². The largest absolute Gasteiger partial charge is 0.345 e. The molecule has 0 saturated carbocycles. The van der Waals surface area contributed by atoms with Crippen LogP contribution in [0.1, 0.15) is 74.0 Å². The molecule has 42 heavy (non-hydrogen) atoms. The molecule has 6 nitrogen and oxygen atoms in total. The van der Waals surface area contributed by atoms with Crippen molar-refractivity contribution in [3.63, 3.8) is 0 Å². The number of carbonyl (C=O) groups is 3. The minimum atomic E-state index is -0.602. The summed E-state index contributed by atoms with van der Waals surface area (Å²) in [6.45, 7) is 17.6. The van der Waals surface area contributed by atoms with Crippen molar-refractivity contribution < 1.29 is 14.4 Å². The van der Waals surface area contributed by atoms with Crippen molar-refractivity contribution in [1.29, 1.82) is 0 Å². The summed E-state index contributed by atoms with van der Waals surface area (Å²) in [5.41, 5.74) is 5.24. The highest BCUT2D eigenvalue weighted by Crippen LogP contribution is 2.42. The van der Waals surface area contributed by atoms with E-state index in [0.717, 1.165) is 17.6 Å². The fraction of sp³-hybridized carbons (Fsp3) is 0.417. The van der Waals surface area contributed by atoms with Gasteiger partial charge in [-0.25, -0.2) is 0 Å². The maximum atomic E-state index is 13.7. The Kier molecular flexibility index (Phi) is 10.7. The molecule has 224 valence electrons. The summed E-state index contributed by atoms with van der Waals surface area (Å²) in [5, 5.41) is 2.99. The second-order valence-corrected chi connectivity index (χ2v) is 12.7. The molecule has 0 bridgehead atoms. The molecule has 3 rings (SSSR count). The quantitative estimate of drug-likeness (QED) is 0.281. The van der Waals surface area contributed by atoms with Crippen molar-refractivity contribution in [2.45, 2.75) is 59.9 Å². The average molecular weight is 570 g/mol. The molecule has 0 unspecified atom stereocenters. The Bertz CT molecular complexity index is 1350. The van der Waals surface area contributed by atoms with E-state index in [2.05, 4.69) is 56.9 Å². The molecule has 0 spiro atoms. The minimum Gasteiger partial charge on any atom is -0.345 e. The first-order valence-corrected chi connectivity index (χ1v) is 14.7. The molecule has 2 atom stereocenters. The summed E-state index contributed by atoms with van der Waals surface area (Å²) in [6, 6.07) is 15.4. The molecule has 6 heteroatoms. The van der Waals surface area contributed by atoms with Gasteiger partial charge in [0.1, 0.15) is 6.04 Å². The molecule has 0 aromatic heterocycles. The van der Waals surface area contributed by atoms with Crippen molar-refractivity contribution >= 4 is 23.3 Å². The number of carbonyl (C=O) groups excluding carboxylic acids is 3. The number of likely N-dealkylation sites (tertiary alicyclic amines) is 1. The fourth-order valence-corrected chi connectivity index (χ4v) is 5.49.